The SMILES string of the molecule is COc1cc(OC)c(C(=O)NNC(=O)c2csc(N3CCOCC3)n2)cc1OC. The molecule has 0 radical (unpaired) electrons. The summed E-state index contributed by atoms with van der Waals surface area (Å²) in [6.07, 6.45) is 0. The minimum atomic E-state index is -0.570. The third kappa shape index (κ3) is 4.69. The molecule has 0 spiro atoms. The number of hydrogen-bond acceptors (Lipinski definition) is 9. The largest absolute Gasteiger partial charge is 0.496 e. The number of nitrogens with one attached hydrogen (secondary N) is 2. The third-order valence-corrected chi connectivity index (χ3v) is 5.15. The number of rotatable bonds is 6. The number of aromatic nitrogens is 1. The first kappa shape index (κ1) is 20.7. The Morgan fingerprint density at radius 2 is 1.62 bits per heavy atom. The molecule has 0 atom stereocenters. The minimum Gasteiger partial charge on any atom is -0.496 e. The zero-order valence-electron chi connectivity index (χ0n) is 16.3. The molecule has 2 amide bonds. The molecule has 0 unspecified atom stereocenters. The number of carbonyl (C=O) groups is 2. The number of amides is 2. The van der Waals surface area contributed by atoms with Crippen LogP contribution < -0.4 is 30.0 Å². The van der Waals surface area contributed by atoms with Crippen LogP contribution in [0.2, 0.25) is 0 Å². The quantitative estimate of drug-likeness (QED) is 0.666. The van der Waals surface area contributed by atoms with Crippen molar-refractivity contribution < 1.29 is 28.5 Å². The molecule has 1 aliphatic rings. The Morgan fingerprint density at radius 3 is 2.28 bits per heavy atom. The van der Waals surface area contributed by atoms with Gasteiger partial charge in [0.05, 0.1) is 40.1 Å². The smallest absolute Gasteiger partial charge is 0.289 e. The van der Waals surface area contributed by atoms with Gasteiger partial charge in [-0.2, -0.15) is 0 Å². The van der Waals surface area contributed by atoms with E-state index in [4.69, 9.17) is 18.9 Å². The van der Waals surface area contributed by atoms with Gasteiger partial charge in [-0.05, 0) is 0 Å². The number of carbonyl (C=O) groups excluding carboxylic acids is 2. The lowest BCUT2D eigenvalue weighted by Gasteiger charge is -2.25. The first-order valence-electron chi connectivity index (χ1n) is 8.76. The zero-order chi connectivity index (χ0) is 20.8. The lowest BCUT2D eigenvalue weighted by Crippen LogP contribution is -2.42. The van der Waals surface area contributed by atoms with Crippen LogP contribution in [-0.4, -0.2) is 64.4 Å². The lowest BCUT2D eigenvalue weighted by molar-refractivity contribution is 0.0842. The van der Waals surface area contributed by atoms with Gasteiger partial charge < -0.3 is 23.8 Å². The number of nitrogens with zero attached hydrogens (tertiary/aromatic N) is 2. The number of methoxy groups -OCH3 is 3. The van der Waals surface area contributed by atoms with Gasteiger partial charge in [-0.3, -0.25) is 20.4 Å². The molecule has 2 N–H and O–H groups in total. The van der Waals surface area contributed by atoms with Crippen LogP contribution in [0.25, 0.3) is 0 Å². The topological polar surface area (TPSA) is 111 Å². The van der Waals surface area contributed by atoms with Crippen molar-refractivity contribution in [1.82, 2.24) is 15.8 Å². The van der Waals surface area contributed by atoms with Gasteiger partial charge in [0.2, 0.25) is 0 Å². The van der Waals surface area contributed by atoms with Crippen LogP contribution >= 0.6 is 11.3 Å². The van der Waals surface area contributed by atoms with Crippen LogP contribution in [0, 0.1) is 0 Å². The van der Waals surface area contributed by atoms with E-state index in [-0.39, 0.29) is 17.0 Å². The van der Waals surface area contributed by atoms with E-state index in [1.807, 2.05) is 0 Å². The van der Waals surface area contributed by atoms with E-state index >= 15 is 0 Å². The average Bonchev–Trinajstić information content (AvgIpc) is 3.27. The number of anilines is 1. The molecule has 1 aromatic heterocycles. The van der Waals surface area contributed by atoms with Crippen LogP contribution in [0.4, 0.5) is 5.13 Å². The first-order valence-corrected chi connectivity index (χ1v) is 9.64. The van der Waals surface area contributed by atoms with E-state index < -0.39 is 11.8 Å². The molecule has 2 aromatic rings. The highest BCUT2D eigenvalue weighted by molar-refractivity contribution is 7.13. The van der Waals surface area contributed by atoms with Gasteiger partial charge in [-0.15, -0.1) is 11.3 Å². The fourth-order valence-electron chi connectivity index (χ4n) is 2.72. The van der Waals surface area contributed by atoms with E-state index in [0.717, 1.165) is 18.2 Å². The van der Waals surface area contributed by atoms with E-state index in [1.165, 1.54) is 44.8 Å². The van der Waals surface area contributed by atoms with Gasteiger partial charge in [-0.25, -0.2) is 4.98 Å². The monoisotopic (exact) mass is 422 g/mol. The number of ether oxygens (including phenoxy) is 4. The molecule has 29 heavy (non-hydrogen) atoms. The Balaban J connectivity index is 1.66. The van der Waals surface area contributed by atoms with Crippen molar-refractivity contribution >= 4 is 28.3 Å². The number of benzene rings is 1. The Bertz CT molecular complexity index is 881. The van der Waals surface area contributed by atoms with E-state index in [0.29, 0.717) is 24.7 Å². The summed E-state index contributed by atoms with van der Waals surface area (Å²) < 4.78 is 21.0. The molecule has 0 bridgehead atoms. The number of hydrogen-bond donors (Lipinski definition) is 2. The maximum atomic E-state index is 12.5. The summed E-state index contributed by atoms with van der Waals surface area (Å²) in [6.45, 7) is 2.71. The van der Waals surface area contributed by atoms with Crippen molar-refractivity contribution in [2.75, 3.05) is 52.5 Å². The average molecular weight is 422 g/mol. The van der Waals surface area contributed by atoms with Crippen LogP contribution in [0.15, 0.2) is 17.5 Å². The number of thiazole rings is 1. The van der Waals surface area contributed by atoms with Gasteiger partial charge >= 0.3 is 0 Å². The maximum absolute atomic E-state index is 12.5. The molecular formula is C18H22N4O6S. The van der Waals surface area contributed by atoms with E-state index in [9.17, 15) is 9.59 Å². The predicted molar refractivity (Wildman–Crippen MR) is 106 cm³/mol. The van der Waals surface area contributed by atoms with Crippen molar-refractivity contribution in [2.45, 2.75) is 0 Å². The summed E-state index contributed by atoms with van der Waals surface area (Å²) in [5, 5.41) is 2.38. The van der Waals surface area contributed by atoms with Gasteiger partial charge in [0.1, 0.15) is 11.4 Å². The molecule has 0 aliphatic carbocycles. The summed E-state index contributed by atoms with van der Waals surface area (Å²) in [5.41, 5.74) is 5.13. The molecule has 10 nitrogen and oxygen atoms in total. The summed E-state index contributed by atoms with van der Waals surface area (Å²) >= 11 is 1.37. The van der Waals surface area contributed by atoms with Crippen LogP contribution in [0.1, 0.15) is 20.8 Å². The second-order valence-electron chi connectivity index (χ2n) is 5.93. The second kappa shape index (κ2) is 9.43. The summed E-state index contributed by atoms with van der Waals surface area (Å²) in [6, 6.07) is 3.00. The van der Waals surface area contributed by atoms with Crippen molar-refractivity contribution in [2.24, 2.45) is 0 Å². The second-order valence-corrected chi connectivity index (χ2v) is 6.77. The maximum Gasteiger partial charge on any atom is 0.289 e. The highest BCUT2D eigenvalue weighted by Crippen LogP contribution is 2.34. The Morgan fingerprint density at radius 1 is 1.00 bits per heavy atom. The Kier molecular flexibility index (Phi) is 6.73. The van der Waals surface area contributed by atoms with E-state index in [1.54, 1.807) is 5.38 Å². The Hall–Kier alpha value is -3.05. The van der Waals surface area contributed by atoms with Crippen molar-refractivity contribution in [3.63, 3.8) is 0 Å². The first-order chi connectivity index (χ1) is 14.1. The lowest BCUT2D eigenvalue weighted by atomic mass is 10.1. The summed E-state index contributed by atoms with van der Waals surface area (Å²) in [4.78, 5) is 31.3. The molecule has 3 rings (SSSR count). The summed E-state index contributed by atoms with van der Waals surface area (Å²) in [5.74, 6) is -0.0338. The molecular weight excluding hydrogens is 400 g/mol. The molecule has 1 aromatic carbocycles. The standard InChI is InChI=1S/C18H22N4O6S/c1-25-13-9-15(27-3)14(26-2)8-11(13)16(23)20-21-17(24)12-10-29-18(19-12)22-4-6-28-7-5-22/h8-10H,4-7H2,1-3H3,(H,20,23)(H,21,24). The number of hydrazine groups is 1. The molecule has 156 valence electrons. The summed E-state index contributed by atoms with van der Waals surface area (Å²) in [7, 11) is 4.37. The molecule has 1 fully saturated rings. The molecule has 2 heterocycles. The predicted octanol–water partition coefficient (Wildman–Crippen LogP) is 1.08. The fourth-order valence-corrected chi connectivity index (χ4v) is 3.58. The van der Waals surface area contributed by atoms with Gasteiger partial charge in [0.15, 0.2) is 16.6 Å². The van der Waals surface area contributed by atoms with Crippen LogP contribution in [0.3, 0.4) is 0 Å². The molecule has 0 saturated carbocycles. The molecule has 1 saturated heterocycles. The fraction of sp³-hybridized carbons (Fsp3) is 0.389. The molecule has 11 heteroatoms. The van der Waals surface area contributed by atoms with Crippen molar-refractivity contribution in [3.8, 4) is 17.2 Å². The highest BCUT2D eigenvalue weighted by atomic mass is 32.1. The van der Waals surface area contributed by atoms with Crippen molar-refractivity contribution in [3.05, 3.63) is 28.8 Å². The van der Waals surface area contributed by atoms with Gasteiger partial charge in [-0.1, -0.05) is 0 Å². The minimum absolute atomic E-state index is 0.178. The van der Waals surface area contributed by atoms with E-state index in [2.05, 4.69) is 20.7 Å². The normalized spacial score (nSPS) is 13.6. The van der Waals surface area contributed by atoms with Crippen molar-refractivity contribution in [1.29, 1.82) is 0 Å². The van der Waals surface area contributed by atoms with Gasteiger partial charge in [0.25, 0.3) is 11.8 Å². The number of morpholine rings is 1. The highest BCUT2D eigenvalue weighted by Gasteiger charge is 2.20. The van der Waals surface area contributed by atoms with Crippen LogP contribution in [0.5, 0.6) is 17.2 Å². The Labute approximate surface area is 171 Å². The van der Waals surface area contributed by atoms with Gasteiger partial charge in [0, 0.05) is 30.6 Å². The zero-order valence-corrected chi connectivity index (χ0v) is 17.1. The third-order valence-electron chi connectivity index (χ3n) is 4.25. The van der Waals surface area contributed by atoms with Crippen LogP contribution in [-0.2, 0) is 4.74 Å². The molecule has 1 aliphatic heterocycles.